The molecule has 0 bridgehead atoms. The van der Waals surface area contributed by atoms with Crippen molar-refractivity contribution in [3.05, 3.63) is 53.6 Å². The normalized spacial score (nSPS) is 12.1. The van der Waals surface area contributed by atoms with Gasteiger partial charge in [0, 0.05) is 17.8 Å². The molecule has 3 heteroatoms. The van der Waals surface area contributed by atoms with Crippen molar-refractivity contribution in [3.8, 4) is 0 Å². The van der Waals surface area contributed by atoms with Crippen molar-refractivity contribution < 1.29 is 8.78 Å². The summed E-state index contributed by atoms with van der Waals surface area (Å²) in [6.45, 7) is 6.91. The van der Waals surface area contributed by atoms with Crippen LogP contribution in [0, 0.1) is 18.6 Å². The van der Waals surface area contributed by atoms with Crippen LogP contribution in [0.2, 0.25) is 0 Å². The molecule has 0 unspecified atom stereocenters. The zero-order valence-electron chi connectivity index (χ0n) is 9.30. The van der Waals surface area contributed by atoms with E-state index in [1.165, 1.54) is 12.1 Å². The molecule has 0 aliphatic rings. The Balaban J connectivity index is 3.41. The summed E-state index contributed by atoms with van der Waals surface area (Å²) in [6.07, 6.45) is 4.66. The van der Waals surface area contributed by atoms with Crippen molar-refractivity contribution in [2.24, 2.45) is 4.99 Å². The summed E-state index contributed by atoms with van der Waals surface area (Å²) in [5.74, 6) is -1.20. The second kappa shape index (κ2) is 5.35. The summed E-state index contributed by atoms with van der Waals surface area (Å²) in [4.78, 5) is 4.04. The van der Waals surface area contributed by atoms with Crippen LogP contribution in [0.3, 0.4) is 0 Å². The van der Waals surface area contributed by atoms with E-state index < -0.39 is 11.6 Å². The molecule has 0 heterocycles. The van der Waals surface area contributed by atoms with E-state index in [1.807, 2.05) is 0 Å². The maximum Gasteiger partial charge on any atom is 0.135 e. The van der Waals surface area contributed by atoms with Crippen LogP contribution in [0.25, 0.3) is 5.70 Å². The number of aliphatic imine (C=N–C) groups is 1. The van der Waals surface area contributed by atoms with Crippen LogP contribution < -0.4 is 0 Å². The van der Waals surface area contributed by atoms with Gasteiger partial charge in [0.1, 0.15) is 11.6 Å². The first-order chi connectivity index (χ1) is 7.60. The molecule has 0 aliphatic heterocycles. The van der Waals surface area contributed by atoms with Gasteiger partial charge in [-0.3, -0.25) is 4.99 Å². The summed E-state index contributed by atoms with van der Waals surface area (Å²) < 4.78 is 26.5. The van der Waals surface area contributed by atoms with E-state index in [0.29, 0.717) is 16.8 Å². The maximum atomic E-state index is 13.6. The van der Waals surface area contributed by atoms with Crippen molar-refractivity contribution in [2.75, 3.05) is 0 Å². The molecule has 1 aromatic carbocycles. The molecule has 0 atom stereocenters. The molecular weight excluding hydrogens is 208 g/mol. The van der Waals surface area contributed by atoms with Gasteiger partial charge in [-0.15, -0.1) is 0 Å². The van der Waals surface area contributed by atoms with Gasteiger partial charge in [-0.1, -0.05) is 12.7 Å². The lowest BCUT2D eigenvalue weighted by atomic mass is 10.0. The first-order valence-electron chi connectivity index (χ1n) is 4.87. The average molecular weight is 221 g/mol. The van der Waals surface area contributed by atoms with Gasteiger partial charge in [0.2, 0.25) is 0 Å². The van der Waals surface area contributed by atoms with E-state index in [0.717, 1.165) is 6.07 Å². The van der Waals surface area contributed by atoms with Crippen molar-refractivity contribution in [1.29, 1.82) is 0 Å². The van der Waals surface area contributed by atoms with Gasteiger partial charge < -0.3 is 0 Å². The lowest BCUT2D eigenvalue weighted by Gasteiger charge is -2.07. The average Bonchev–Trinajstić information content (AvgIpc) is 2.16. The van der Waals surface area contributed by atoms with Crippen LogP contribution in [0.15, 0.2) is 35.9 Å². The van der Waals surface area contributed by atoms with E-state index >= 15 is 0 Å². The highest BCUT2D eigenvalue weighted by molar-refractivity contribution is 5.75. The van der Waals surface area contributed by atoms with Crippen molar-refractivity contribution in [3.63, 3.8) is 0 Å². The van der Waals surface area contributed by atoms with Crippen molar-refractivity contribution in [1.82, 2.24) is 0 Å². The Morgan fingerprint density at radius 2 is 2.06 bits per heavy atom. The first-order valence-corrected chi connectivity index (χ1v) is 4.87. The molecule has 1 aromatic rings. The number of allylic oxidation sites excluding steroid dienone is 2. The van der Waals surface area contributed by atoms with E-state index in [-0.39, 0.29) is 0 Å². The summed E-state index contributed by atoms with van der Waals surface area (Å²) in [5, 5.41) is 0. The van der Waals surface area contributed by atoms with Gasteiger partial charge in [-0.2, -0.15) is 0 Å². The molecule has 0 aromatic heterocycles. The molecule has 0 fully saturated rings. The molecule has 0 saturated heterocycles. The SMILES string of the molecule is C=C/C=C(\N=CC)c1c(C)cc(F)cc1F. The number of benzene rings is 1. The predicted octanol–water partition coefficient (Wildman–Crippen LogP) is 3.89. The smallest absolute Gasteiger partial charge is 0.135 e. The number of hydrogen-bond donors (Lipinski definition) is 0. The first kappa shape index (κ1) is 12.3. The third-order valence-electron chi connectivity index (χ3n) is 2.05. The largest absolute Gasteiger partial charge is 0.261 e. The van der Waals surface area contributed by atoms with Crippen LogP contribution in [-0.4, -0.2) is 6.21 Å². The molecule has 0 spiro atoms. The molecule has 0 amide bonds. The lowest BCUT2D eigenvalue weighted by molar-refractivity contribution is 0.579. The fourth-order valence-corrected chi connectivity index (χ4v) is 1.47. The summed E-state index contributed by atoms with van der Waals surface area (Å²) in [5.41, 5.74) is 1.25. The molecule has 84 valence electrons. The van der Waals surface area contributed by atoms with E-state index in [2.05, 4.69) is 11.6 Å². The third-order valence-corrected chi connectivity index (χ3v) is 2.05. The highest BCUT2D eigenvalue weighted by Crippen LogP contribution is 2.24. The molecule has 0 aliphatic carbocycles. The quantitative estimate of drug-likeness (QED) is 0.542. The predicted molar refractivity (Wildman–Crippen MR) is 63.4 cm³/mol. The number of halogens is 2. The number of aryl methyl sites for hydroxylation is 1. The van der Waals surface area contributed by atoms with Crippen LogP contribution in [0.4, 0.5) is 8.78 Å². The van der Waals surface area contributed by atoms with Crippen molar-refractivity contribution >= 4 is 11.9 Å². The Labute approximate surface area is 93.8 Å². The highest BCUT2D eigenvalue weighted by atomic mass is 19.1. The molecule has 0 saturated carbocycles. The van der Waals surface area contributed by atoms with E-state index in [4.69, 9.17) is 0 Å². The number of hydrogen-bond acceptors (Lipinski definition) is 1. The minimum atomic E-state index is -0.615. The topological polar surface area (TPSA) is 12.4 Å². The van der Waals surface area contributed by atoms with Crippen LogP contribution in [0.5, 0.6) is 0 Å². The zero-order valence-corrected chi connectivity index (χ0v) is 9.30. The maximum absolute atomic E-state index is 13.6. The third kappa shape index (κ3) is 2.63. The monoisotopic (exact) mass is 221 g/mol. The van der Waals surface area contributed by atoms with E-state index in [9.17, 15) is 8.78 Å². The zero-order chi connectivity index (χ0) is 12.1. The molecule has 0 radical (unpaired) electrons. The highest BCUT2D eigenvalue weighted by Gasteiger charge is 2.11. The van der Waals surface area contributed by atoms with Gasteiger partial charge in [-0.05, 0) is 31.6 Å². The van der Waals surface area contributed by atoms with Crippen LogP contribution in [-0.2, 0) is 0 Å². The lowest BCUT2D eigenvalue weighted by Crippen LogP contribution is -1.94. The Morgan fingerprint density at radius 3 is 2.56 bits per heavy atom. The standard InChI is InChI=1S/C13H13F2N/c1-4-6-12(16-5-2)13-9(3)7-10(14)8-11(13)15/h4-8H,1H2,2-3H3/b12-6-,16-5?. The molecule has 0 N–H and O–H groups in total. The Kier molecular flexibility index (Phi) is 4.11. The Hall–Kier alpha value is -1.77. The van der Waals surface area contributed by atoms with Gasteiger partial charge in [0.15, 0.2) is 0 Å². The molecule has 16 heavy (non-hydrogen) atoms. The minimum Gasteiger partial charge on any atom is -0.261 e. The van der Waals surface area contributed by atoms with Crippen LogP contribution >= 0.6 is 0 Å². The Morgan fingerprint density at radius 1 is 1.38 bits per heavy atom. The number of rotatable bonds is 3. The Bertz CT molecular complexity index is 436. The second-order valence-electron chi connectivity index (χ2n) is 3.25. The van der Waals surface area contributed by atoms with Gasteiger partial charge >= 0.3 is 0 Å². The molecule has 1 nitrogen and oxygen atoms in total. The van der Waals surface area contributed by atoms with Crippen molar-refractivity contribution in [2.45, 2.75) is 13.8 Å². The number of nitrogens with zero attached hydrogens (tertiary/aromatic N) is 1. The minimum absolute atomic E-state index is 0.305. The second-order valence-corrected chi connectivity index (χ2v) is 3.25. The van der Waals surface area contributed by atoms with Gasteiger partial charge in [0.25, 0.3) is 0 Å². The summed E-state index contributed by atoms with van der Waals surface area (Å²) >= 11 is 0. The summed E-state index contributed by atoms with van der Waals surface area (Å²) in [6, 6.07) is 2.13. The fraction of sp³-hybridized carbons (Fsp3) is 0.154. The summed E-state index contributed by atoms with van der Waals surface area (Å²) in [7, 11) is 0. The van der Waals surface area contributed by atoms with E-state index in [1.54, 1.807) is 26.1 Å². The van der Waals surface area contributed by atoms with Crippen LogP contribution in [0.1, 0.15) is 18.1 Å². The van der Waals surface area contributed by atoms with Gasteiger partial charge in [0.05, 0.1) is 5.70 Å². The fourth-order valence-electron chi connectivity index (χ4n) is 1.47. The molecule has 1 rings (SSSR count). The molecular formula is C13H13F2N. The van der Waals surface area contributed by atoms with Gasteiger partial charge in [-0.25, -0.2) is 8.78 Å².